The van der Waals surface area contributed by atoms with Crippen LogP contribution in [0.3, 0.4) is 0 Å². The predicted octanol–water partition coefficient (Wildman–Crippen LogP) is 3.03. The summed E-state index contributed by atoms with van der Waals surface area (Å²) in [6.07, 6.45) is 4.70. The monoisotopic (exact) mass is 313 g/mol. The molecule has 0 saturated carbocycles. The molecule has 2 heterocycles. The maximum Gasteiger partial charge on any atom is 0.124 e. The number of hydrogen-bond acceptors (Lipinski definition) is 2. The third kappa shape index (κ3) is 2.10. The Labute approximate surface area is 115 Å². The second-order valence-electron chi connectivity index (χ2n) is 5.55. The Balaban J connectivity index is 1.86. The topological polar surface area (TPSA) is 35.2 Å². The minimum Gasteiger partial charge on any atom is -0.374 e. The Morgan fingerprint density at radius 1 is 1.39 bits per heavy atom. The van der Waals surface area contributed by atoms with Crippen molar-refractivity contribution in [2.45, 2.75) is 37.9 Å². The van der Waals surface area contributed by atoms with Gasteiger partial charge in [0.1, 0.15) is 5.82 Å². The number of rotatable bonds is 3. The Morgan fingerprint density at radius 2 is 2.22 bits per heavy atom. The van der Waals surface area contributed by atoms with Crippen LogP contribution < -0.4 is 5.73 Å². The van der Waals surface area contributed by atoms with E-state index in [1.54, 1.807) is 6.07 Å². The lowest BCUT2D eigenvalue weighted by Gasteiger charge is -2.34. The van der Waals surface area contributed by atoms with Gasteiger partial charge in [-0.15, -0.1) is 0 Å². The lowest BCUT2D eigenvalue weighted by Crippen LogP contribution is -2.41. The van der Waals surface area contributed by atoms with Crippen LogP contribution in [0.5, 0.6) is 0 Å². The quantitative estimate of drug-likeness (QED) is 0.931. The first-order chi connectivity index (χ1) is 8.61. The summed E-state index contributed by atoms with van der Waals surface area (Å²) in [6, 6.07) is 5.07. The van der Waals surface area contributed by atoms with Crippen molar-refractivity contribution >= 4 is 15.9 Å². The van der Waals surface area contributed by atoms with Crippen molar-refractivity contribution in [1.82, 2.24) is 0 Å². The van der Waals surface area contributed by atoms with Gasteiger partial charge in [-0.3, -0.25) is 0 Å². The highest BCUT2D eigenvalue weighted by Gasteiger charge is 2.51. The van der Waals surface area contributed by atoms with Crippen LogP contribution in [0.25, 0.3) is 0 Å². The van der Waals surface area contributed by atoms with Gasteiger partial charge < -0.3 is 10.5 Å². The number of benzene rings is 1. The zero-order valence-electron chi connectivity index (χ0n) is 10.2. The first-order valence-corrected chi connectivity index (χ1v) is 7.21. The fraction of sp³-hybridized carbons (Fsp3) is 0.571. The number of ether oxygens (including phenoxy) is 1. The molecule has 4 heteroatoms. The summed E-state index contributed by atoms with van der Waals surface area (Å²) in [7, 11) is 0. The van der Waals surface area contributed by atoms with Crippen LogP contribution in [0.2, 0.25) is 0 Å². The smallest absolute Gasteiger partial charge is 0.124 e. The summed E-state index contributed by atoms with van der Waals surface area (Å²) in [5.41, 5.74) is 7.01. The first-order valence-electron chi connectivity index (χ1n) is 6.42. The average molecular weight is 314 g/mol. The Bertz CT molecular complexity index is 447. The minimum atomic E-state index is -0.198. The van der Waals surface area contributed by atoms with Gasteiger partial charge >= 0.3 is 0 Å². The summed E-state index contributed by atoms with van der Waals surface area (Å²) in [4.78, 5) is 0. The third-order valence-corrected chi connectivity index (χ3v) is 4.77. The minimum absolute atomic E-state index is 0.0101. The Morgan fingerprint density at radius 3 is 2.78 bits per heavy atom. The van der Waals surface area contributed by atoms with Crippen molar-refractivity contribution in [2.24, 2.45) is 11.1 Å². The number of fused-ring (bicyclic) bond motifs is 2. The number of halogens is 2. The van der Waals surface area contributed by atoms with Crippen LogP contribution >= 0.6 is 15.9 Å². The molecule has 2 aliphatic heterocycles. The van der Waals surface area contributed by atoms with Gasteiger partial charge in [0.15, 0.2) is 0 Å². The molecule has 18 heavy (non-hydrogen) atoms. The van der Waals surface area contributed by atoms with Gasteiger partial charge in [-0.05, 0) is 49.4 Å². The second kappa shape index (κ2) is 4.58. The maximum atomic E-state index is 13.4. The SMILES string of the molecule is NCC1(Cc2cc(F)cc(Br)c2)CC2CCC1O2. The molecule has 98 valence electrons. The average Bonchev–Trinajstić information content (AvgIpc) is 2.88. The van der Waals surface area contributed by atoms with Crippen molar-refractivity contribution in [3.8, 4) is 0 Å². The molecular weight excluding hydrogens is 297 g/mol. The van der Waals surface area contributed by atoms with Crippen molar-refractivity contribution in [3.63, 3.8) is 0 Å². The fourth-order valence-corrected chi connectivity index (χ4v) is 4.00. The number of nitrogens with two attached hydrogens (primary N) is 1. The highest BCUT2D eigenvalue weighted by molar-refractivity contribution is 9.10. The lowest BCUT2D eigenvalue weighted by molar-refractivity contribution is 0.0636. The van der Waals surface area contributed by atoms with E-state index in [2.05, 4.69) is 15.9 Å². The maximum absolute atomic E-state index is 13.4. The van der Waals surface area contributed by atoms with Crippen LogP contribution in [0.15, 0.2) is 22.7 Å². The molecule has 3 unspecified atom stereocenters. The lowest BCUT2D eigenvalue weighted by atomic mass is 9.70. The van der Waals surface area contributed by atoms with E-state index in [1.807, 2.05) is 6.07 Å². The molecule has 0 aromatic heterocycles. The highest BCUT2D eigenvalue weighted by Crippen LogP contribution is 2.49. The van der Waals surface area contributed by atoms with Crippen molar-refractivity contribution < 1.29 is 9.13 Å². The van der Waals surface area contributed by atoms with Gasteiger partial charge in [-0.1, -0.05) is 15.9 Å². The zero-order valence-corrected chi connectivity index (χ0v) is 11.7. The molecule has 0 amide bonds. The molecule has 3 rings (SSSR count). The van der Waals surface area contributed by atoms with Crippen LogP contribution in [-0.2, 0) is 11.2 Å². The van der Waals surface area contributed by atoms with Gasteiger partial charge in [0.25, 0.3) is 0 Å². The molecule has 0 radical (unpaired) electrons. The van der Waals surface area contributed by atoms with Crippen LogP contribution in [0.1, 0.15) is 24.8 Å². The van der Waals surface area contributed by atoms with E-state index in [1.165, 1.54) is 6.07 Å². The van der Waals surface area contributed by atoms with Crippen molar-refractivity contribution in [3.05, 3.63) is 34.1 Å². The normalized spacial score (nSPS) is 34.2. The molecule has 0 aliphatic carbocycles. The van der Waals surface area contributed by atoms with E-state index in [4.69, 9.17) is 10.5 Å². The van der Waals surface area contributed by atoms with Crippen molar-refractivity contribution in [1.29, 1.82) is 0 Å². The molecule has 1 aromatic rings. The summed E-state index contributed by atoms with van der Waals surface area (Å²) in [6.45, 7) is 0.613. The molecule has 0 spiro atoms. The summed E-state index contributed by atoms with van der Waals surface area (Å²) < 4.78 is 20.1. The largest absolute Gasteiger partial charge is 0.374 e. The summed E-state index contributed by atoms with van der Waals surface area (Å²) in [5, 5.41) is 0. The third-order valence-electron chi connectivity index (χ3n) is 4.31. The highest BCUT2D eigenvalue weighted by atomic mass is 79.9. The predicted molar refractivity (Wildman–Crippen MR) is 71.8 cm³/mol. The van der Waals surface area contributed by atoms with Crippen LogP contribution in [0.4, 0.5) is 4.39 Å². The van der Waals surface area contributed by atoms with E-state index in [-0.39, 0.29) is 17.3 Å². The van der Waals surface area contributed by atoms with E-state index in [9.17, 15) is 4.39 Å². The van der Waals surface area contributed by atoms with E-state index >= 15 is 0 Å². The summed E-state index contributed by atoms with van der Waals surface area (Å²) >= 11 is 3.34. The van der Waals surface area contributed by atoms with E-state index < -0.39 is 0 Å². The summed E-state index contributed by atoms with van der Waals surface area (Å²) in [5.74, 6) is -0.198. The molecule has 1 aromatic carbocycles. The molecule has 2 N–H and O–H groups in total. The number of hydrogen-bond donors (Lipinski definition) is 1. The van der Waals surface area contributed by atoms with Crippen molar-refractivity contribution in [2.75, 3.05) is 6.54 Å². The first kappa shape index (κ1) is 12.6. The fourth-order valence-electron chi connectivity index (χ4n) is 3.48. The van der Waals surface area contributed by atoms with Gasteiger partial charge in [0.05, 0.1) is 12.2 Å². The van der Waals surface area contributed by atoms with Gasteiger partial charge in [-0.2, -0.15) is 0 Å². The molecule has 2 aliphatic rings. The van der Waals surface area contributed by atoms with Crippen LogP contribution in [-0.4, -0.2) is 18.8 Å². The molecule has 2 nitrogen and oxygen atoms in total. The molecule has 2 saturated heterocycles. The Kier molecular flexibility index (Phi) is 3.20. The van der Waals surface area contributed by atoms with Crippen LogP contribution in [0, 0.1) is 11.2 Å². The van der Waals surface area contributed by atoms with Gasteiger partial charge in [-0.25, -0.2) is 4.39 Å². The molecule has 2 bridgehead atoms. The van der Waals surface area contributed by atoms with Gasteiger partial charge in [0.2, 0.25) is 0 Å². The standard InChI is InChI=1S/C14H17BrFNO/c15-10-3-9(4-11(16)5-10)6-14(8-17)7-12-1-2-13(14)18-12/h3-5,12-13H,1-2,6-8,17H2. The molecule has 3 atom stereocenters. The zero-order chi connectivity index (χ0) is 12.8. The van der Waals surface area contributed by atoms with E-state index in [0.29, 0.717) is 12.6 Å². The molecule has 2 fully saturated rings. The van der Waals surface area contributed by atoms with E-state index in [0.717, 1.165) is 35.7 Å². The van der Waals surface area contributed by atoms with Gasteiger partial charge in [0, 0.05) is 16.4 Å². The molecular formula is C14H17BrFNO. The Hall–Kier alpha value is -0.450. The second-order valence-corrected chi connectivity index (χ2v) is 6.46.